The largest absolute Gasteiger partial charge is 0.457 e. The molecule has 0 aliphatic rings. The van der Waals surface area contributed by atoms with Crippen molar-refractivity contribution in [1.29, 1.82) is 0 Å². The van der Waals surface area contributed by atoms with Crippen LogP contribution in [0.1, 0.15) is 0 Å². The van der Waals surface area contributed by atoms with Crippen molar-refractivity contribution in [3.63, 3.8) is 0 Å². The minimum atomic E-state index is 0.587. The minimum absolute atomic E-state index is 0.587. The highest BCUT2D eigenvalue weighted by Gasteiger charge is 2.12. The fourth-order valence-corrected chi connectivity index (χ4v) is 2.22. The van der Waals surface area contributed by atoms with Crippen LogP contribution in [0, 0.1) is 0 Å². The fraction of sp³-hybridized carbons (Fsp3) is 0. The van der Waals surface area contributed by atoms with E-state index in [9.17, 15) is 0 Å². The number of nitrogens with two attached hydrogens (primary N) is 1. The Morgan fingerprint density at radius 2 is 1.94 bits per heavy atom. The molecule has 0 atom stereocenters. The van der Waals surface area contributed by atoms with E-state index in [1.807, 2.05) is 42.5 Å². The van der Waals surface area contributed by atoms with Crippen molar-refractivity contribution in [1.82, 2.24) is 9.78 Å². The maximum atomic E-state index is 5.98. The van der Waals surface area contributed by atoms with Gasteiger partial charge in [-0.2, -0.15) is 5.10 Å². The number of nitrogens with zero attached hydrogens (tertiary/aromatic N) is 2. The second-order valence-electron chi connectivity index (χ2n) is 3.81. The minimum Gasteiger partial charge on any atom is -0.457 e. The summed E-state index contributed by atoms with van der Waals surface area (Å²) in [6.07, 6.45) is 1.61. The Balaban J connectivity index is 2.10. The van der Waals surface area contributed by atoms with Crippen molar-refractivity contribution in [2.24, 2.45) is 0 Å². The van der Waals surface area contributed by atoms with Gasteiger partial charge >= 0.3 is 0 Å². The number of rotatable bonds is 2. The van der Waals surface area contributed by atoms with Gasteiger partial charge in [-0.1, -0.05) is 18.2 Å². The topological polar surface area (TPSA) is 57.0 Å². The first-order chi connectivity index (χ1) is 8.75. The van der Waals surface area contributed by atoms with Crippen molar-refractivity contribution in [2.75, 3.05) is 5.73 Å². The third-order valence-corrected chi connectivity index (χ3v) is 3.25. The summed E-state index contributed by atoms with van der Waals surface area (Å²) < 4.78 is 7.56. The highest BCUT2D eigenvalue weighted by molar-refractivity contribution is 9.10. The van der Waals surface area contributed by atoms with E-state index in [1.54, 1.807) is 10.9 Å². The predicted octanol–water partition coefficient (Wildman–Crippen LogP) is 3.48. The van der Waals surface area contributed by atoms with Crippen LogP contribution in [0.3, 0.4) is 0 Å². The van der Waals surface area contributed by atoms with Gasteiger partial charge in [0.15, 0.2) is 4.67 Å². The predicted molar refractivity (Wildman–Crippen MR) is 73.4 cm³/mol. The first-order valence-electron chi connectivity index (χ1n) is 5.40. The molecule has 0 radical (unpaired) electrons. The Morgan fingerprint density at radius 1 is 1.17 bits per heavy atom. The van der Waals surface area contributed by atoms with Crippen molar-refractivity contribution >= 4 is 21.7 Å². The average molecular weight is 304 g/mol. The van der Waals surface area contributed by atoms with Crippen molar-refractivity contribution in [3.8, 4) is 16.9 Å². The summed E-state index contributed by atoms with van der Waals surface area (Å²) in [5.74, 6) is 0.587. The normalized spacial score (nSPS) is 10.7. The average Bonchev–Trinajstić information content (AvgIpc) is 2.96. The molecule has 0 bridgehead atoms. The molecule has 0 aliphatic carbocycles. The van der Waals surface area contributed by atoms with E-state index in [2.05, 4.69) is 21.0 Å². The number of hydrogen-bond donors (Lipinski definition) is 1. The van der Waals surface area contributed by atoms with Crippen LogP contribution in [0.25, 0.3) is 16.9 Å². The monoisotopic (exact) mass is 303 g/mol. The van der Waals surface area contributed by atoms with Crippen LogP contribution in [0.2, 0.25) is 0 Å². The lowest BCUT2D eigenvalue weighted by Crippen LogP contribution is -2.00. The molecule has 1 aromatic carbocycles. The Labute approximate surface area is 112 Å². The summed E-state index contributed by atoms with van der Waals surface area (Å²) >= 11 is 3.34. The van der Waals surface area contributed by atoms with E-state index in [0.29, 0.717) is 10.5 Å². The van der Waals surface area contributed by atoms with Gasteiger partial charge in [0.25, 0.3) is 0 Å². The summed E-state index contributed by atoms with van der Waals surface area (Å²) in [5, 5.41) is 4.49. The first kappa shape index (κ1) is 11.1. The van der Waals surface area contributed by atoms with Gasteiger partial charge in [-0.25, -0.2) is 4.68 Å². The van der Waals surface area contributed by atoms with E-state index in [4.69, 9.17) is 10.2 Å². The van der Waals surface area contributed by atoms with Gasteiger partial charge in [0.05, 0.1) is 23.2 Å². The Kier molecular flexibility index (Phi) is 2.68. The molecule has 90 valence electrons. The number of para-hydroxylation sites is 1. The third-order valence-electron chi connectivity index (χ3n) is 2.63. The zero-order valence-electron chi connectivity index (χ0n) is 9.38. The number of nitrogen functional groups attached to an aromatic ring is 1. The van der Waals surface area contributed by atoms with Gasteiger partial charge in [-0.3, -0.25) is 0 Å². The second kappa shape index (κ2) is 4.34. The molecular weight excluding hydrogens is 294 g/mol. The molecule has 3 rings (SSSR count). The Bertz CT molecular complexity index is 673. The van der Waals surface area contributed by atoms with Crippen LogP contribution >= 0.6 is 15.9 Å². The standard InChI is InChI=1S/C13H10BrN3O/c14-13-10(6-7-18-13)11-8-12(15)17(16-11)9-4-2-1-3-5-9/h1-8H,15H2. The van der Waals surface area contributed by atoms with E-state index in [1.165, 1.54) is 0 Å². The lowest BCUT2D eigenvalue weighted by Gasteiger charge is -2.02. The Morgan fingerprint density at radius 3 is 2.61 bits per heavy atom. The zero-order chi connectivity index (χ0) is 12.5. The maximum Gasteiger partial charge on any atom is 0.178 e. The third kappa shape index (κ3) is 1.82. The molecule has 3 aromatic rings. The van der Waals surface area contributed by atoms with E-state index in [0.717, 1.165) is 16.9 Å². The van der Waals surface area contributed by atoms with Gasteiger partial charge in [0.2, 0.25) is 0 Å². The van der Waals surface area contributed by atoms with Crippen molar-refractivity contribution in [3.05, 3.63) is 53.4 Å². The van der Waals surface area contributed by atoms with E-state index >= 15 is 0 Å². The van der Waals surface area contributed by atoms with Crippen LogP contribution in [-0.4, -0.2) is 9.78 Å². The molecule has 2 N–H and O–H groups in total. The summed E-state index contributed by atoms with van der Waals surface area (Å²) in [6.45, 7) is 0. The molecular formula is C13H10BrN3O. The molecule has 0 aliphatic heterocycles. The van der Waals surface area contributed by atoms with Crippen molar-refractivity contribution < 1.29 is 4.42 Å². The van der Waals surface area contributed by atoms with E-state index < -0.39 is 0 Å². The van der Waals surface area contributed by atoms with Gasteiger partial charge in [0.1, 0.15) is 5.82 Å². The second-order valence-corrected chi connectivity index (χ2v) is 4.53. The number of hydrogen-bond acceptors (Lipinski definition) is 3. The maximum absolute atomic E-state index is 5.98. The summed E-state index contributed by atoms with van der Waals surface area (Å²) in [5.41, 5.74) is 8.58. The molecule has 4 nitrogen and oxygen atoms in total. The quantitative estimate of drug-likeness (QED) is 0.788. The van der Waals surface area contributed by atoms with Gasteiger partial charge in [-0.05, 0) is 34.1 Å². The SMILES string of the molecule is Nc1cc(-c2ccoc2Br)nn1-c1ccccc1. The van der Waals surface area contributed by atoms with Crippen LogP contribution < -0.4 is 5.73 Å². The molecule has 2 heterocycles. The first-order valence-corrected chi connectivity index (χ1v) is 6.19. The van der Waals surface area contributed by atoms with Gasteiger partial charge in [0, 0.05) is 6.07 Å². The summed E-state index contributed by atoms with van der Waals surface area (Å²) in [7, 11) is 0. The van der Waals surface area contributed by atoms with Crippen LogP contribution in [-0.2, 0) is 0 Å². The fourth-order valence-electron chi connectivity index (χ4n) is 1.78. The molecule has 18 heavy (non-hydrogen) atoms. The number of anilines is 1. The molecule has 0 unspecified atom stereocenters. The summed E-state index contributed by atoms with van der Waals surface area (Å²) in [6, 6.07) is 13.4. The number of benzene rings is 1. The summed E-state index contributed by atoms with van der Waals surface area (Å²) in [4.78, 5) is 0. The highest BCUT2D eigenvalue weighted by atomic mass is 79.9. The van der Waals surface area contributed by atoms with Gasteiger partial charge < -0.3 is 10.2 Å². The van der Waals surface area contributed by atoms with Gasteiger partial charge in [-0.15, -0.1) is 0 Å². The lowest BCUT2D eigenvalue weighted by atomic mass is 10.2. The van der Waals surface area contributed by atoms with Crippen LogP contribution in [0.15, 0.2) is 57.8 Å². The molecule has 2 aromatic heterocycles. The highest BCUT2D eigenvalue weighted by Crippen LogP contribution is 2.30. The molecule has 0 saturated heterocycles. The number of aromatic nitrogens is 2. The lowest BCUT2D eigenvalue weighted by molar-refractivity contribution is 0.542. The molecule has 0 spiro atoms. The van der Waals surface area contributed by atoms with Crippen LogP contribution in [0.5, 0.6) is 0 Å². The molecule has 0 amide bonds. The zero-order valence-corrected chi connectivity index (χ0v) is 11.0. The van der Waals surface area contributed by atoms with Crippen LogP contribution in [0.4, 0.5) is 5.82 Å². The smallest absolute Gasteiger partial charge is 0.178 e. The Hall–Kier alpha value is -2.01. The van der Waals surface area contributed by atoms with E-state index in [-0.39, 0.29) is 0 Å². The molecule has 0 fully saturated rings. The number of furan rings is 1. The van der Waals surface area contributed by atoms with Crippen molar-refractivity contribution in [2.45, 2.75) is 0 Å². The molecule has 5 heteroatoms. The number of halogens is 1. The molecule has 0 saturated carbocycles.